The second-order valence-electron chi connectivity index (χ2n) is 13.1. The number of rotatable bonds is 2. The Labute approximate surface area is 354 Å². The van der Waals surface area contributed by atoms with Gasteiger partial charge in [0.2, 0.25) is 0 Å². The Morgan fingerprint density at radius 3 is 0.959 bits per heavy atom. The molecule has 4 aliphatic rings. The number of fused-ring (bicyclic) bond motifs is 8. The minimum absolute atomic E-state index is 0.165. The first-order valence-corrected chi connectivity index (χ1v) is 54.7. The Morgan fingerprint density at radius 1 is 0.510 bits per heavy atom. The van der Waals surface area contributed by atoms with Gasteiger partial charge in [-0.25, -0.2) is 0 Å². The van der Waals surface area contributed by atoms with E-state index in [4.69, 9.17) is 186 Å². The van der Waals surface area contributed by atoms with Crippen LogP contribution in [0.25, 0.3) is 0 Å². The normalized spacial score (nSPS) is 30.6. The van der Waals surface area contributed by atoms with E-state index in [2.05, 4.69) is 37.1 Å². The molecule has 0 unspecified atom stereocenters. The molecule has 2 aliphatic carbocycles. The van der Waals surface area contributed by atoms with E-state index >= 15 is 0 Å². The molecule has 0 aromatic heterocycles. The Morgan fingerprint density at radius 2 is 0.735 bits per heavy atom. The SMILES string of the molecule is CC1(C)N=[N+](c2c(Cl)cc(Cl)cc2Cl)[C@H]2[C@H]3C[C@H]([C@H]4[C@@H]3C(C)(C)N=[N+]4c3c(Cl)cc(Cl)cc3Cl)[C@H]21.[Cl][Sb-]([Cl])([Cl])([Cl])([Cl])[Cl].[Cl][Sb-]([Cl])([Cl])([Cl])([Cl])[Cl]. The van der Waals surface area contributed by atoms with Crippen LogP contribution in [-0.2, 0) is 0 Å². The van der Waals surface area contributed by atoms with Crippen molar-refractivity contribution in [2.24, 2.45) is 33.9 Å². The predicted octanol–water partition coefficient (Wildman–Crippen LogP) is 17.2. The van der Waals surface area contributed by atoms with Crippen LogP contribution in [0, 0.1) is 23.7 Å². The zero-order valence-electron chi connectivity index (χ0n) is 25.0. The first kappa shape index (κ1) is 46.2. The van der Waals surface area contributed by atoms with E-state index < -0.39 is 18.3 Å². The summed E-state index contributed by atoms with van der Waals surface area (Å²) >= 11 is 39.2. The van der Waals surface area contributed by atoms with Crippen molar-refractivity contribution in [2.45, 2.75) is 57.3 Å². The van der Waals surface area contributed by atoms with Gasteiger partial charge >= 0.3 is 124 Å². The van der Waals surface area contributed by atoms with E-state index in [0.29, 0.717) is 42.0 Å². The summed E-state index contributed by atoms with van der Waals surface area (Å²) in [6.07, 6.45) is 1.07. The van der Waals surface area contributed by atoms with Crippen LogP contribution >= 0.6 is 176 Å². The summed E-state index contributed by atoms with van der Waals surface area (Å²) in [5, 5.41) is 13.4. The van der Waals surface area contributed by atoms with Gasteiger partial charge in [0, 0.05) is 21.9 Å². The Bertz CT molecular complexity index is 1590. The number of azo groups is 4. The molecular weight excluding hydrogens is 1240 g/mol. The van der Waals surface area contributed by atoms with Gasteiger partial charge in [-0.3, -0.25) is 0 Å². The van der Waals surface area contributed by atoms with E-state index in [0.717, 1.165) is 17.8 Å². The van der Waals surface area contributed by atoms with Crippen LogP contribution in [0.4, 0.5) is 11.4 Å². The zero-order valence-corrected chi connectivity index (χ0v) is 43.7. The number of benzene rings is 2. The molecule has 2 bridgehead atoms. The molecule has 24 heteroatoms. The molecule has 2 aromatic rings. The fraction of sp³-hybridized carbons (Fsp3) is 0.520. The standard InChI is InChI=1S/C25H24Cl6N4.12ClH.2Sb/c1-24(2)18-12-9-13(20(18)34(32-24)22-14(28)5-10(26)6-15(22)29)19-21(12)35(33-25(19,3)4)23-16(30)7-11(27)8-17(23)31;;;;;;;;;;;;;;/h5-8,12-13,18-21H,9H2,1-4H3;12*1H;;/q+2;;;;;;;;;;;;;2*+5/p-12/t12-,13-,18+,19+,20-,21-;;;;;;;;;;;;;;/m0............../s1. The van der Waals surface area contributed by atoms with Gasteiger partial charge in [0.05, 0.1) is 11.8 Å². The monoisotopic (exact) mass is 1250 g/mol. The molecule has 0 saturated heterocycles. The molecular formula is C25H24Cl18N4Sb2. The van der Waals surface area contributed by atoms with Gasteiger partial charge in [-0.05, 0) is 68.6 Å². The van der Waals surface area contributed by atoms with Crippen molar-refractivity contribution >= 4 is 205 Å². The first-order chi connectivity index (χ1) is 21.2. The van der Waals surface area contributed by atoms with E-state index in [-0.39, 0.29) is 35.0 Å². The molecule has 0 spiro atoms. The van der Waals surface area contributed by atoms with Crippen molar-refractivity contribution in [3.8, 4) is 0 Å². The molecule has 0 amide bonds. The Hall–Kier alpha value is 4.50. The predicted molar refractivity (Wildman–Crippen MR) is 224 cm³/mol. The van der Waals surface area contributed by atoms with E-state index in [1.807, 2.05) is 0 Å². The van der Waals surface area contributed by atoms with Gasteiger partial charge in [-0.15, -0.1) is 0 Å². The molecule has 49 heavy (non-hydrogen) atoms. The Kier molecular flexibility index (Phi) is 12.7. The fourth-order valence-corrected chi connectivity index (χ4v) is 9.61. The van der Waals surface area contributed by atoms with E-state index in [1.54, 1.807) is 24.3 Å². The quantitative estimate of drug-likeness (QED) is 0.212. The van der Waals surface area contributed by atoms with Crippen LogP contribution in [0.15, 0.2) is 34.5 Å². The fourth-order valence-electron chi connectivity index (χ4n) is 7.63. The van der Waals surface area contributed by atoms with Crippen LogP contribution in [-0.4, -0.2) is 50.8 Å². The first-order valence-electron chi connectivity index (χ1n) is 13.7. The maximum atomic E-state index is 6.68. The Balaban J connectivity index is 0.000000327. The topological polar surface area (TPSA) is 30.7 Å². The number of halogens is 18. The van der Waals surface area contributed by atoms with Gasteiger partial charge in [0.1, 0.15) is 31.2 Å². The summed E-state index contributed by atoms with van der Waals surface area (Å²) in [5.74, 6) is 1.26. The van der Waals surface area contributed by atoms with Crippen molar-refractivity contribution in [3.05, 3.63) is 54.4 Å². The number of hydrogen-bond acceptors (Lipinski definition) is 2. The molecule has 0 radical (unpaired) electrons. The van der Waals surface area contributed by atoms with Gasteiger partial charge in [-0.2, -0.15) is 0 Å². The summed E-state index contributed by atoms with van der Waals surface area (Å²) in [5.41, 5.74) is 0.840. The summed E-state index contributed by atoms with van der Waals surface area (Å²) in [4.78, 5) is 0. The third-order valence-electron chi connectivity index (χ3n) is 8.43. The van der Waals surface area contributed by atoms with Gasteiger partial charge < -0.3 is 0 Å². The van der Waals surface area contributed by atoms with Gasteiger partial charge in [-0.1, -0.05) is 79.0 Å². The van der Waals surface area contributed by atoms with Crippen molar-refractivity contribution < 1.29 is 9.39 Å². The van der Waals surface area contributed by atoms with Crippen LogP contribution in [0.3, 0.4) is 0 Å². The van der Waals surface area contributed by atoms with Crippen LogP contribution in [0.1, 0.15) is 34.1 Å². The summed E-state index contributed by atoms with van der Waals surface area (Å²) in [6, 6.07) is 7.26. The molecule has 280 valence electrons. The van der Waals surface area contributed by atoms with Crippen LogP contribution in [0.5, 0.6) is 0 Å². The molecule has 2 aromatic carbocycles. The van der Waals surface area contributed by atoms with Gasteiger partial charge in [0.25, 0.3) is 11.4 Å². The van der Waals surface area contributed by atoms with E-state index in [9.17, 15) is 0 Å². The average Bonchev–Trinajstić information content (AvgIpc) is 3.47. The average molecular weight is 1260 g/mol. The van der Waals surface area contributed by atoms with Crippen molar-refractivity contribution in [1.29, 1.82) is 0 Å². The molecule has 2 fully saturated rings. The van der Waals surface area contributed by atoms with Crippen molar-refractivity contribution in [2.75, 3.05) is 0 Å². The number of hydrogen-bond donors (Lipinski definition) is 0. The summed E-state index contributed by atoms with van der Waals surface area (Å²) in [7, 11) is 49.9. The van der Waals surface area contributed by atoms with Crippen molar-refractivity contribution in [3.63, 3.8) is 0 Å². The van der Waals surface area contributed by atoms with E-state index in [1.165, 1.54) is 0 Å². The van der Waals surface area contributed by atoms with Crippen LogP contribution < -0.4 is 0 Å². The molecule has 6 atom stereocenters. The molecule has 2 heterocycles. The molecule has 6 rings (SSSR count). The maximum absolute atomic E-state index is 6.68. The molecule has 4 nitrogen and oxygen atoms in total. The second-order valence-corrected chi connectivity index (χ2v) is 129. The number of nitrogens with zero attached hydrogens (tertiary/aromatic N) is 4. The van der Waals surface area contributed by atoms with Gasteiger partial charge in [0.15, 0.2) is 12.1 Å². The molecule has 2 aliphatic heterocycles. The third kappa shape index (κ3) is 12.7. The van der Waals surface area contributed by atoms with Crippen LogP contribution in [0.2, 0.25) is 30.1 Å². The van der Waals surface area contributed by atoms with Crippen molar-refractivity contribution in [1.82, 2.24) is 0 Å². The minimum atomic E-state index is -5.42. The zero-order chi connectivity index (χ0) is 38.0. The second kappa shape index (κ2) is 13.5. The summed E-state index contributed by atoms with van der Waals surface area (Å²) in [6.45, 7) is 8.79. The summed E-state index contributed by atoms with van der Waals surface area (Å²) < 4.78 is 4.18. The molecule has 2 saturated carbocycles. The molecule has 0 N–H and O–H groups in total. The third-order valence-corrected chi connectivity index (χ3v) is 10.0.